The van der Waals surface area contributed by atoms with Gasteiger partial charge in [-0.3, -0.25) is 9.69 Å². The van der Waals surface area contributed by atoms with Crippen molar-refractivity contribution >= 4 is 33.6 Å². The highest BCUT2D eigenvalue weighted by Crippen LogP contribution is 2.31. The van der Waals surface area contributed by atoms with Gasteiger partial charge in [0.15, 0.2) is 0 Å². The summed E-state index contributed by atoms with van der Waals surface area (Å²) >= 11 is 3.40. The molecule has 0 fully saturated rings. The number of nitriles is 1. The molecule has 0 N–H and O–H groups in total. The number of fused-ring (bicyclic) bond motifs is 1. The van der Waals surface area contributed by atoms with E-state index in [1.807, 2.05) is 48.5 Å². The number of hydrogen-bond donors (Lipinski definition) is 0. The third-order valence-corrected chi connectivity index (χ3v) is 4.08. The first-order chi connectivity index (χ1) is 10.2. The molecule has 1 aliphatic rings. The average Bonchev–Trinajstić information content (AvgIpc) is 2.53. The number of rotatable bonds is 1. The predicted octanol–water partition coefficient (Wildman–Crippen LogP) is 4.01. The van der Waals surface area contributed by atoms with Gasteiger partial charge in [0, 0.05) is 4.47 Å². The van der Waals surface area contributed by atoms with E-state index in [0.717, 1.165) is 15.7 Å². The van der Waals surface area contributed by atoms with Gasteiger partial charge < -0.3 is 0 Å². The highest BCUT2D eigenvalue weighted by Gasteiger charge is 2.29. The molecule has 3 rings (SSSR count). The number of nitrogens with zero attached hydrogens (tertiary/aromatic N) is 2. The number of benzene rings is 2. The third-order valence-electron chi connectivity index (χ3n) is 3.39. The molecule has 2 aromatic carbocycles. The van der Waals surface area contributed by atoms with Crippen molar-refractivity contribution in [3.8, 4) is 6.07 Å². The van der Waals surface area contributed by atoms with Crippen LogP contribution in [0.4, 0.5) is 5.69 Å². The molecule has 21 heavy (non-hydrogen) atoms. The van der Waals surface area contributed by atoms with Crippen LogP contribution < -0.4 is 4.90 Å². The van der Waals surface area contributed by atoms with Gasteiger partial charge in [0.1, 0.15) is 6.04 Å². The standard InChI is InChI=1S/C17H11BrN2O/c18-15-7-3-2-6-14(15)17(21)20-13(11-19)10-9-12-5-1-4-8-16(12)20/h1-10,13H. The molecule has 0 bridgehead atoms. The van der Waals surface area contributed by atoms with Crippen LogP contribution >= 0.6 is 15.9 Å². The Kier molecular flexibility index (Phi) is 3.59. The van der Waals surface area contributed by atoms with Crippen molar-refractivity contribution in [3.63, 3.8) is 0 Å². The normalized spacial score (nSPS) is 16.2. The molecule has 1 amide bonds. The summed E-state index contributed by atoms with van der Waals surface area (Å²) in [5.41, 5.74) is 2.24. The topological polar surface area (TPSA) is 44.1 Å². The van der Waals surface area contributed by atoms with Crippen LogP contribution in [0, 0.1) is 11.3 Å². The predicted molar refractivity (Wildman–Crippen MR) is 85.8 cm³/mol. The molecule has 1 atom stereocenters. The van der Waals surface area contributed by atoms with E-state index < -0.39 is 6.04 Å². The molecule has 1 aliphatic heterocycles. The smallest absolute Gasteiger partial charge is 0.260 e. The molecule has 0 aliphatic carbocycles. The highest BCUT2D eigenvalue weighted by atomic mass is 79.9. The number of carbonyl (C=O) groups excluding carboxylic acids is 1. The number of anilines is 1. The Balaban J connectivity index is 2.11. The second-order valence-corrected chi connectivity index (χ2v) is 5.50. The zero-order chi connectivity index (χ0) is 14.8. The maximum Gasteiger partial charge on any atom is 0.260 e. The first-order valence-corrected chi connectivity index (χ1v) is 7.26. The molecular weight excluding hydrogens is 328 g/mol. The molecule has 0 aromatic heterocycles. The van der Waals surface area contributed by atoms with E-state index in [2.05, 4.69) is 22.0 Å². The second kappa shape index (κ2) is 5.55. The summed E-state index contributed by atoms with van der Waals surface area (Å²) in [5, 5.41) is 9.35. The quantitative estimate of drug-likeness (QED) is 0.788. The minimum absolute atomic E-state index is 0.189. The lowest BCUT2D eigenvalue weighted by Gasteiger charge is -2.30. The van der Waals surface area contributed by atoms with E-state index in [0.29, 0.717) is 5.56 Å². The van der Waals surface area contributed by atoms with E-state index in [1.165, 1.54) is 4.90 Å². The van der Waals surface area contributed by atoms with Crippen LogP contribution in [0.5, 0.6) is 0 Å². The van der Waals surface area contributed by atoms with Crippen LogP contribution in [-0.2, 0) is 0 Å². The van der Waals surface area contributed by atoms with Gasteiger partial charge in [-0.05, 0) is 45.8 Å². The van der Waals surface area contributed by atoms with E-state index in [9.17, 15) is 10.1 Å². The van der Waals surface area contributed by atoms with Crippen molar-refractivity contribution < 1.29 is 4.79 Å². The molecule has 0 spiro atoms. The first-order valence-electron chi connectivity index (χ1n) is 6.47. The number of hydrogen-bond acceptors (Lipinski definition) is 2. The summed E-state index contributed by atoms with van der Waals surface area (Å²) in [6, 6.07) is 16.4. The summed E-state index contributed by atoms with van der Waals surface area (Å²) < 4.78 is 0.721. The van der Waals surface area contributed by atoms with E-state index >= 15 is 0 Å². The summed E-state index contributed by atoms with van der Waals surface area (Å²) in [6.07, 6.45) is 3.63. The zero-order valence-electron chi connectivity index (χ0n) is 11.0. The van der Waals surface area contributed by atoms with Crippen LogP contribution in [0.15, 0.2) is 59.1 Å². The fourth-order valence-electron chi connectivity index (χ4n) is 2.38. The molecule has 0 saturated heterocycles. The van der Waals surface area contributed by atoms with Gasteiger partial charge in [-0.25, -0.2) is 0 Å². The van der Waals surface area contributed by atoms with Gasteiger partial charge in [-0.15, -0.1) is 0 Å². The van der Waals surface area contributed by atoms with Crippen molar-refractivity contribution in [2.75, 3.05) is 4.90 Å². The van der Waals surface area contributed by atoms with Crippen molar-refractivity contribution in [3.05, 3.63) is 70.2 Å². The average molecular weight is 339 g/mol. The monoisotopic (exact) mass is 338 g/mol. The number of carbonyl (C=O) groups is 1. The Hall–Kier alpha value is -2.38. The lowest BCUT2D eigenvalue weighted by Crippen LogP contribution is -2.40. The fourth-order valence-corrected chi connectivity index (χ4v) is 2.83. The Morgan fingerprint density at radius 2 is 1.86 bits per heavy atom. The van der Waals surface area contributed by atoms with E-state index in [1.54, 1.807) is 12.1 Å². The third kappa shape index (κ3) is 2.37. The molecule has 0 radical (unpaired) electrons. The fraction of sp³-hybridized carbons (Fsp3) is 0.0588. The van der Waals surface area contributed by atoms with Gasteiger partial charge >= 0.3 is 0 Å². The Morgan fingerprint density at radius 3 is 2.62 bits per heavy atom. The maximum absolute atomic E-state index is 12.9. The van der Waals surface area contributed by atoms with Crippen molar-refractivity contribution in [1.29, 1.82) is 5.26 Å². The molecule has 102 valence electrons. The zero-order valence-corrected chi connectivity index (χ0v) is 12.6. The van der Waals surface area contributed by atoms with Crippen molar-refractivity contribution in [1.82, 2.24) is 0 Å². The molecule has 3 nitrogen and oxygen atoms in total. The number of amides is 1. The SMILES string of the molecule is N#CC1C=Cc2ccccc2N1C(=O)c1ccccc1Br. The summed E-state index contributed by atoms with van der Waals surface area (Å²) in [7, 11) is 0. The van der Waals surface area contributed by atoms with Crippen molar-refractivity contribution in [2.45, 2.75) is 6.04 Å². The van der Waals surface area contributed by atoms with Crippen LogP contribution in [0.2, 0.25) is 0 Å². The number of para-hydroxylation sites is 1. The molecule has 0 saturated carbocycles. The van der Waals surface area contributed by atoms with Gasteiger partial charge in [-0.1, -0.05) is 36.4 Å². The lowest BCUT2D eigenvalue weighted by atomic mass is 10.0. The second-order valence-electron chi connectivity index (χ2n) is 4.65. The number of halogens is 1. The lowest BCUT2D eigenvalue weighted by molar-refractivity contribution is 0.0984. The van der Waals surface area contributed by atoms with Crippen LogP contribution in [0.1, 0.15) is 15.9 Å². The molecule has 4 heteroatoms. The minimum atomic E-state index is -0.598. The van der Waals surface area contributed by atoms with Crippen LogP contribution in [0.25, 0.3) is 6.08 Å². The van der Waals surface area contributed by atoms with Gasteiger partial charge in [-0.2, -0.15) is 5.26 Å². The molecule has 1 unspecified atom stereocenters. The Bertz CT molecular complexity index is 776. The minimum Gasteiger partial charge on any atom is -0.288 e. The largest absolute Gasteiger partial charge is 0.288 e. The molecule has 2 aromatic rings. The van der Waals surface area contributed by atoms with Gasteiger partial charge in [0.25, 0.3) is 5.91 Å². The summed E-state index contributed by atoms with van der Waals surface area (Å²) in [5.74, 6) is -0.189. The van der Waals surface area contributed by atoms with Gasteiger partial charge in [0.05, 0.1) is 17.3 Å². The van der Waals surface area contributed by atoms with E-state index in [-0.39, 0.29) is 5.91 Å². The maximum atomic E-state index is 12.9. The first kappa shape index (κ1) is 13.6. The molecule has 1 heterocycles. The van der Waals surface area contributed by atoms with Crippen LogP contribution in [-0.4, -0.2) is 11.9 Å². The summed E-state index contributed by atoms with van der Waals surface area (Å²) in [4.78, 5) is 14.4. The van der Waals surface area contributed by atoms with Gasteiger partial charge in [0.2, 0.25) is 0 Å². The Morgan fingerprint density at radius 1 is 1.14 bits per heavy atom. The van der Waals surface area contributed by atoms with E-state index in [4.69, 9.17) is 0 Å². The highest BCUT2D eigenvalue weighted by molar-refractivity contribution is 9.10. The summed E-state index contributed by atoms with van der Waals surface area (Å²) in [6.45, 7) is 0. The molecular formula is C17H11BrN2O. The Labute approximate surface area is 131 Å². The van der Waals surface area contributed by atoms with Crippen LogP contribution in [0.3, 0.4) is 0 Å². The van der Waals surface area contributed by atoms with Crippen molar-refractivity contribution in [2.24, 2.45) is 0 Å².